The van der Waals surface area contributed by atoms with Crippen molar-refractivity contribution in [1.29, 1.82) is 0 Å². The fourth-order valence-corrected chi connectivity index (χ4v) is 2.29. The van der Waals surface area contributed by atoms with Crippen molar-refractivity contribution in [3.8, 4) is 0 Å². The Balaban J connectivity index is 4.10. The Morgan fingerprint density at radius 1 is 1.33 bits per heavy atom. The normalized spacial score (nSPS) is 16.0. The molecule has 2 nitrogen and oxygen atoms in total. The maximum atomic E-state index is 11.3. The van der Waals surface area contributed by atoms with Crippen LogP contribution in [0.15, 0.2) is 23.8 Å². The second kappa shape index (κ2) is 10.6. The summed E-state index contributed by atoms with van der Waals surface area (Å²) in [6.45, 7) is 10.8. The van der Waals surface area contributed by atoms with Crippen molar-refractivity contribution in [2.75, 3.05) is 6.61 Å². The van der Waals surface area contributed by atoms with E-state index in [0.717, 1.165) is 18.4 Å². The highest BCUT2D eigenvalue weighted by Crippen LogP contribution is 2.31. The van der Waals surface area contributed by atoms with E-state index in [2.05, 4.69) is 58.7 Å². The maximum absolute atomic E-state index is 11.3. The van der Waals surface area contributed by atoms with Gasteiger partial charge in [-0.3, -0.25) is 0 Å². The predicted molar refractivity (Wildman–Crippen MR) is 98.3 cm³/mol. The van der Waals surface area contributed by atoms with Crippen LogP contribution in [0.25, 0.3) is 0 Å². The molecule has 0 saturated heterocycles. The van der Waals surface area contributed by atoms with Gasteiger partial charge in [0, 0.05) is 15.2 Å². The topological polar surface area (TPSA) is 26.3 Å². The molecule has 0 radical (unpaired) electrons. The third kappa shape index (κ3) is 11.2. The first-order valence-corrected chi connectivity index (χ1v) is 9.22. The van der Waals surface area contributed by atoms with Gasteiger partial charge in [-0.2, -0.15) is 0 Å². The Hall–Kier alpha value is -0.0900. The van der Waals surface area contributed by atoms with E-state index in [1.54, 1.807) is 0 Å². The zero-order valence-electron chi connectivity index (χ0n) is 13.8. The molecule has 0 aromatic carbocycles. The van der Waals surface area contributed by atoms with E-state index in [1.807, 2.05) is 19.9 Å². The highest BCUT2D eigenvalue weighted by atomic mass is 79.9. The Morgan fingerprint density at radius 3 is 2.48 bits per heavy atom. The Labute approximate surface area is 146 Å². The average molecular weight is 424 g/mol. The SMILES string of the molecule is CCOC(=O)/C=C(C)/C=C/CC(C)CCC(Br)C(C)(C)Br. The van der Waals surface area contributed by atoms with Gasteiger partial charge < -0.3 is 4.74 Å². The van der Waals surface area contributed by atoms with Gasteiger partial charge in [0.05, 0.1) is 6.61 Å². The molecular weight excluding hydrogens is 396 g/mol. The van der Waals surface area contributed by atoms with Crippen LogP contribution in [0.2, 0.25) is 0 Å². The first-order valence-electron chi connectivity index (χ1n) is 7.51. The summed E-state index contributed by atoms with van der Waals surface area (Å²) in [7, 11) is 0. The van der Waals surface area contributed by atoms with E-state index < -0.39 is 0 Å². The van der Waals surface area contributed by atoms with Crippen LogP contribution in [-0.2, 0) is 9.53 Å². The quantitative estimate of drug-likeness (QED) is 0.203. The lowest BCUT2D eigenvalue weighted by molar-refractivity contribution is -0.137. The second-order valence-corrected chi connectivity index (χ2v) is 9.14. The van der Waals surface area contributed by atoms with Crippen molar-refractivity contribution in [2.24, 2.45) is 5.92 Å². The lowest BCUT2D eigenvalue weighted by atomic mass is 9.97. The van der Waals surface area contributed by atoms with Crippen LogP contribution in [0.1, 0.15) is 53.9 Å². The first kappa shape index (κ1) is 20.9. The number of hydrogen-bond donors (Lipinski definition) is 0. The van der Waals surface area contributed by atoms with E-state index in [4.69, 9.17) is 4.74 Å². The molecule has 0 amide bonds. The Morgan fingerprint density at radius 2 is 1.95 bits per heavy atom. The summed E-state index contributed by atoms with van der Waals surface area (Å²) >= 11 is 7.42. The predicted octanol–water partition coefficient (Wildman–Crippen LogP) is 5.80. The summed E-state index contributed by atoms with van der Waals surface area (Å²) in [6, 6.07) is 0. The van der Waals surface area contributed by atoms with E-state index in [0.29, 0.717) is 17.4 Å². The molecule has 0 spiro atoms. The number of carbonyl (C=O) groups excluding carboxylic acids is 1. The second-order valence-electron chi connectivity index (χ2n) is 5.99. The van der Waals surface area contributed by atoms with Crippen molar-refractivity contribution in [3.63, 3.8) is 0 Å². The zero-order chi connectivity index (χ0) is 16.5. The number of rotatable bonds is 9. The molecule has 0 saturated carbocycles. The van der Waals surface area contributed by atoms with Gasteiger partial charge in [0.2, 0.25) is 0 Å². The molecule has 0 aliphatic heterocycles. The van der Waals surface area contributed by atoms with Crippen molar-refractivity contribution in [3.05, 3.63) is 23.8 Å². The minimum Gasteiger partial charge on any atom is -0.463 e. The molecule has 0 bridgehead atoms. The van der Waals surface area contributed by atoms with E-state index in [9.17, 15) is 4.79 Å². The molecule has 4 heteroatoms. The van der Waals surface area contributed by atoms with Gasteiger partial charge in [-0.25, -0.2) is 4.79 Å². The molecule has 2 atom stereocenters. The van der Waals surface area contributed by atoms with Crippen LogP contribution in [0.4, 0.5) is 0 Å². The van der Waals surface area contributed by atoms with Gasteiger partial charge in [-0.1, -0.05) is 50.9 Å². The summed E-state index contributed by atoms with van der Waals surface area (Å²) in [4.78, 5) is 11.8. The summed E-state index contributed by atoms with van der Waals surface area (Å²) in [6.07, 6.45) is 9.01. The lowest BCUT2D eigenvalue weighted by Crippen LogP contribution is -2.24. The van der Waals surface area contributed by atoms with Crippen molar-refractivity contribution < 1.29 is 9.53 Å². The number of carbonyl (C=O) groups is 1. The number of hydrogen-bond acceptors (Lipinski definition) is 2. The summed E-state index contributed by atoms with van der Waals surface area (Å²) in [5.74, 6) is 0.362. The van der Waals surface area contributed by atoms with Gasteiger partial charge in [0.1, 0.15) is 0 Å². The number of alkyl halides is 2. The van der Waals surface area contributed by atoms with Gasteiger partial charge in [0.15, 0.2) is 0 Å². The molecule has 0 rings (SSSR count). The Bertz CT molecular complexity index is 367. The number of allylic oxidation sites excluding steroid dienone is 3. The van der Waals surface area contributed by atoms with Crippen LogP contribution in [0, 0.1) is 5.92 Å². The molecule has 2 unspecified atom stereocenters. The fraction of sp³-hybridized carbons (Fsp3) is 0.706. The molecular formula is C17H28Br2O2. The van der Waals surface area contributed by atoms with E-state index in [1.165, 1.54) is 12.5 Å². The van der Waals surface area contributed by atoms with Crippen LogP contribution >= 0.6 is 31.9 Å². The molecule has 0 N–H and O–H groups in total. The summed E-state index contributed by atoms with van der Waals surface area (Å²) in [5, 5.41) is 0. The molecule has 0 aromatic heterocycles. The Kier molecular flexibility index (Phi) is 10.6. The average Bonchev–Trinajstić information content (AvgIpc) is 2.34. The van der Waals surface area contributed by atoms with Crippen molar-refractivity contribution in [1.82, 2.24) is 0 Å². The summed E-state index contributed by atoms with van der Waals surface area (Å²) in [5.41, 5.74) is 0.931. The van der Waals surface area contributed by atoms with Gasteiger partial charge in [0.25, 0.3) is 0 Å². The van der Waals surface area contributed by atoms with Gasteiger partial charge in [-0.05, 0) is 58.4 Å². The fourth-order valence-electron chi connectivity index (χ4n) is 1.80. The largest absolute Gasteiger partial charge is 0.463 e. The highest BCUT2D eigenvalue weighted by Gasteiger charge is 2.23. The van der Waals surface area contributed by atoms with Crippen LogP contribution in [0.5, 0.6) is 0 Å². The first-order chi connectivity index (χ1) is 9.66. The molecule has 0 fully saturated rings. The maximum Gasteiger partial charge on any atom is 0.330 e. The van der Waals surface area contributed by atoms with E-state index in [-0.39, 0.29) is 10.3 Å². The van der Waals surface area contributed by atoms with Gasteiger partial charge >= 0.3 is 5.97 Å². The number of ether oxygens (including phenoxy) is 1. The monoisotopic (exact) mass is 422 g/mol. The van der Waals surface area contributed by atoms with Crippen LogP contribution in [0.3, 0.4) is 0 Å². The molecule has 0 heterocycles. The van der Waals surface area contributed by atoms with Crippen LogP contribution < -0.4 is 0 Å². The third-order valence-corrected chi connectivity index (χ3v) is 5.98. The molecule has 0 aromatic rings. The molecule has 0 aliphatic carbocycles. The number of esters is 1. The van der Waals surface area contributed by atoms with Crippen molar-refractivity contribution in [2.45, 2.75) is 63.0 Å². The van der Waals surface area contributed by atoms with Gasteiger partial charge in [-0.15, -0.1) is 0 Å². The smallest absolute Gasteiger partial charge is 0.330 e. The standard InChI is InChI=1S/C17H28Br2O2/c1-6-21-16(20)12-14(3)9-7-8-13(2)10-11-15(18)17(4,5)19/h7,9,12-13,15H,6,8,10-11H2,1-5H3/b9-7+,14-12+. The highest BCUT2D eigenvalue weighted by molar-refractivity contribution is 9.12. The molecule has 21 heavy (non-hydrogen) atoms. The third-order valence-electron chi connectivity index (χ3n) is 3.21. The summed E-state index contributed by atoms with van der Waals surface area (Å²) < 4.78 is 5.00. The minimum atomic E-state index is -0.269. The minimum absolute atomic E-state index is 0.127. The van der Waals surface area contributed by atoms with Crippen molar-refractivity contribution >= 4 is 37.8 Å². The lowest BCUT2D eigenvalue weighted by Gasteiger charge is -2.24. The van der Waals surface area contributed by atoms with Crippen LogP contribution in [-0.4, -0.2) is 21.7 Å². The molecule has 122 valence electrons. The zero-order valence-corrected chi connectivity index (χ0v) is 17.0. The molecule has 0 aliphatic rings. The van der Waals surface area contributed by atoms with E-state index >= 15 is 0 Å². The number of halogens is 2.